The number of hydrogen-bond donors (Lipinski definition) is 2. The smallest absolute Gasteiger partial charge is 0.358 e. The molecular weight excluding hydrogens is 272 g/mol. The molecule has 1 aromatic rings. The normalized spacial score (nSPS) is 11.4. The second kappa shape index (κ2) is 7.12. The number of nitrogens with one attached hydrogen (secondary N) is 2. The Balaban J connectivity index is 2.59. The summed E-state index contributed by atoms with van der Waals surface area (Å²) in [4.78, 5) is 13.1. The van der Waals surface area contributed by atoms with Crippen molar-refractivity contribution < 1.29 is 13.3 Å². The summed E-state index contributed by atoms with van der Waals surface area (Å²) in [5.41, 5.74) is 0. The molecule has 0 amide bonds. The van der Waals surface area contributed by atoms with Crippen LogP contribution in [0.1, 0.15) is 13.3 Å². The summed E-state index contributed by atoms with van der Waals surface area (Å²) >= 11 is 0. The molecule has 0 radical (unpaired) electrons. The topological polar surface area (TPSA) is 114 Å². The molecule has 0 bridgehead atoms. The summed E-state index contributed by atoms with van der Waals surface area (Å²) in [7, 11) is -3.65. The Labute approximate surface area is 111 Å². The Hall–Kier alpha value is -1.58. The van der Waals surface area contributed by atoms with Crippen molar-refractivity contribution in [3.05, 3.63) is 28.4 Å². The first-order chi connectivity index (χ1) is 8.97. The van der Waals surface area contributed by atoms with Gasteiger partial charge in [-0.15, -0.1) is 0 Å². The highest BCUT2D eigenvalue weighted by atomic mass is 32.2. The quantitative estimate of drug-likeness (QED) is 0.403. The van der Waals surface area contributed by atoms with Gasteiger partial charge in [0.1, 0.15) is 4.90 Å². The Bertz CT molecular complexity index is 515. The maximum absolute atomic E-state index is 11.8. The van der Waals surface area contributed by atoms with Crippen molar-refractivity contribution in [2.45, 2.75) is 18.2 Å². The van der Waals surface area contributed by atoms with Gasteiger partial charge in [0.25, 0.3) is 0 Å². The first-order valence-corrected chi connectivity index (χ1v) is 7.26. The van der Waals surface area contributed by atoms with Crippen LogP contribution in [0.3, 0.4) is 0 Å². The molecule has 8 nitrogen and oxygen atoms in total. The van der Waals surface area contributed by atoms with E-state index in [1.165, 1.54) is 0 Å². The lowest BCUT2D eigenvalue weighted by molar-refractivity contribution is -0.389. The fourth-order valence-electron chi connectivity index (χ4n) is 1.32. The summed E-state index contributed by atoms with van der Waals surface area (Å²) in [6.07, 6.45) is 1.64. The lowest BCUT2D eigenvalue weighted by atomic mass is 10.4. The molecule has 1 rings (SSSR count). The largest absolute Gasteiger partial charge is 0.363 e. The molecule has 0 saturated carbocycles. The third-order valence-electron chi connectivity index (χ3n) is 2.29. The van der Waals surface area contributed by atoms with Gasteiger partial charge in [-0.3, -0.25) is 0 Å². The molecular formula is C10H16N4O4S. The number of hydrogen-bond acceptors (Lipinski definition) is 6. The number of aromatic nitrogens is 1. The molecule has 1 aromatic heterocycles. The van der Waals surface area contributed by atoms with Crippen LogP contribution in [-0.2, 0) is 10.0 Å². The van der Waals surface area contributed by atoms with Gasteiger partial charge >= 0.3 is 5.82 Å². The molecule has 0 unspecified atom stereocenters. The number of nitro groups is 1. The lowest BCUT2D eigenvalue weighted by Crippen LogP contribution is -2.27. The predicted molar refractivity (Wildman–Crippen MR) is 69.2 cm³/mol. The van der Waals surface area contributed by atoms with E-state index in [4.69, 9.17) is 0 Å². The molecule has 0 aliphatic rings. The monoisotopic (exact) mass is 288 g/mol. The summed E-state index contributed by atoms with van der Waals surface area (Å²) in [6, 6.07) is 2.23. The van der Waals surface area contributed by atoms with Gasteiger partial charge in [0, 0.05) is 12.6 Å². The lowest BCUT2D eigenvalue weighted by Gasteiger charge is -2.05. The summed E-state index contributed by atoms with van der Waals surface area (Å²) in [5.74, 6) is -0.383. The molecule has 0 fully saturated rings. The first-order valence-electron chi connectivity index (χ1n) is 5.78. The van der Waals surface area contributed by atoms with Crippen molar-refractivity contribution in [1.82, 2.24) is 15.0 Å². The summed E-state index contributed by atoms with van der Waals surface area (Å²) in [6.45, 7) is 3.82. The van der Waals surface area contributed by atoms with Gasteiger partial charge in [0.2, 0.25) is 10.0 Å². The molecule has 106 valence electrons. The van der Waals surface area contributed by atoms with Gasteiger partial charge in [-0.25, -0.2) is 13.1 Å². The van der Waals surface area contributed by atoms with Gasteiger partial charge in [-0.05, 0) is 35.5 Å². The number of sulfonamides is 1. The molecule has 19 heavy (non-hydrogen) atoms. The van der Waals surface area contributed by atoms with Crippen LogP contribution >= 0.6 is 0 Å². The molecule has 0 saturated heterocycles. The van der Waals surface area contributed by atoms with Crippen molar-refractivity contribution in [3.8, 4) is 0 Å². The predicted octanol–water partition coefficient (Wildman–Crippen LogP) is 0.268. The number of rotatable bonds is 8. The van der Waals surface area contributed by atoms with E-state index >= 15 is 0 Å². The summed E-state index contributed by atoms with van der Waals surface area (Å²) in [5, 5.41) is 13.5. The molecule has 0 aliphatic carbocycles. The second-order valence-electron chi connectivity index (χ2n) is 3.71. The summed E-state index contributed by atoms with van der Waals surface area (Å²) < 4.78 is 26.0. The Morgan fingerprint density at radius 1 is 1.37 bits per heavy atom. The van der Waals surface area contributed by atoms with Gasteiger partial charge in [0.15, 0.2) is 6.20 Å². The van der Waals surface area contributed by atoms with E-state index in [2.05, 4.69) is 15.0 Å². The highest BCUT2D eigenvalue weighted by molar-refractivity contribution is 7.89. The molecule has 0 aliphatic heterocycles. The van der Waals surface area contributed by atoms with Gasteiger partial charge < -0.3 is 15.4 Å². The highest BCUT2D eigenvalue weighted by Gasteiger charge is 2.17. The van der Waals surface area contributed by atoms with Crippen LogP contribution in [0.25, 0.3) is 0 Å². The van der Waals surface area contributed by atoms with Crippen LogP contribution < -0.4 is 10.0 Å². The fourth-order valence-corrected chi connectivity index (χ4v) is 2.34. The average Bonchev–Trinajstić information content (AvgIpc) is 2.38. The van der Waals surface area contributed by atoms with Gasteiger partial charge in [-0.2, -0.15) is 0 Å². The first kappa shape index (κ1) is 15.5. The van der Waals surface area contributed by atoms with E-state index in [0.29, 0.717) is 13.0 Å². The maximum atomic E-state index is 11.8. The Kier molecular flexibility index (Phi) is 5.80. The molecule has 0 atom stereocenters. The zero-order chi connectivity index (χ0) is 14.3. The fraction of sp³-hybridized carbons (Fsp3) is 0.500. The molecule has 0 aromatic carbocycles. The van der Waals surface area contributed by atoms with Crippen molar-refractivity contribution in [2.24, 2.45) is 0 Å². The number of nitrogens with zero attached hydrogens (tertiary/aromatic N) is 2. The standard InChI is InChI=1S/C10H16N4O4S/c1-2-11-6-3-7-13-19(17,18)9-4-5-10(12-8-9)14(15)16/h4-5,8,11,13H,2-3,6-7H2,1H3. The van der Waals surface area contributed by atoms with E-state index in [0.717, 1.165) is 31.4 Å². The van der Waals surface area contributed by atoms with Crippen LogP contribution in [0.5, 0.6) is 0 Å². The van der Waals surface area contributed by atoms with Gasteiger partial charge in [-0.1, -0.05) is 6.92 Å². The van der Waals surface area contributed by atoms with Crippen LogP contribution in [0.15, 0.2) is 23.2 Å². The van der Waals surface area contributed by atoms with E-state index in [9.17, 15) is 18.5 Å². The SMILES string of the molecule is CCNCCCNS(=O)(=O)c1ccc([N+](=O)[O-])nc1. The van der Waals surface area contributed by atoms with E-state index in [1.807, 2.05) is 6.92 Å². The Morgan fingerprint density at radius 2 is 2.11 bits per heavy atom. The third-order valence-corrected chi connectivity index (χ3v) is 3.74. The van der Waals surface area contributed by atoms with Gasteiger partial charge in [0.05, 0.1) is 0 Å². The highest BCUT2D eigenvalue weighted by Crippen LogP contribution is 2.11. The molecule has 9 heteroatoms. The van der Waals surface area contributed by atoms with Crippen molar-refractivity contribution >= 4 is 15.8 Å². The van der Waals surface area contributed by atoms with Crippen LogP contribution in [0.4, 0.5) is 5.82 Å². The molecule has 1 heterocycles. The average molecular weight is 288 g/mol. The van der Waals surface area contributed by atoms with Crippen LogP contribution in [-0.4, -0.2) is 38.0 Å². The Morgan fingerprint density at radius 3 is 2.63 bits per heavy atom. The van der Waals surface area contributed by atoms with E-state index in [-0.39, 0.29) is 10.7 Å². The zero-order valence-corrected chi connectivity index (χ0v) is 11.3. The third kappa shape index (κ3) is 4.89. The number of pyridine rings is 1. The molecule has 0 spiro atoms. The minimum absolute atomic E-state index is 0.0819. The minimum atomic E-state index is -3.65. The zero-order valence-electron chi connectivity index (χ0n) is 10.5. The minimum Gasteiger partial charge on any atom is -0.358 e. The maximum Gasteiger partial charge on any atom is 0.363 e. The van der Waals surface area contributed by atoms with Crippen molar-refractivity contribution in [1.29, 1.82) is 0 Å². The second-order valence-corrected chi connectivity index (χ2v) is 5.48. The van der Waals surface area contributed by atoms with E-state index < -0.39 is 14.9 Å². The van der Waals surface area contributed by atoms with E-state index in [1.54, 1.807) is 0 Å². The van der Waals surface area contributed by atoms with Crippen molar-refractivity contribution in [2.75, 3.05) is 19.6 Å². The van der Waals surface area contributed by atoms with Crippen molar-refractivity contribution in [3.63, 3.8) is 0 Å². The molecule has 2 N–H and O–H groups in total. The van der Waals surface area contributed by atoms with Crippen LogP contribution in [0, 0.1) is 10.1 Å². The van der Waals surface area contributed by atoms with Crippen LogP contribution in [0.2, 0.25) is 0 Å².